The lowest BCUT2D eigenvalue weighted by atomic mass is 9.86. The molecule has 0 bridgehead atoms. The van der Waals surface area contributed by atoms with Crippen LogP contribution in [0.25, 0.3) is 5.65 Å². The number of rotatable bonds is 3. The molecule has 26 heavy (non-hydrogen) atoms. The van der Waals surface area contributed by atoms with Crippen LogP contribution in [0, 0.1) is 6.92 Å². The van der Waals surface area contributed by atoms with Gasteiger partial charge >= 0.3 is 0 Å². The van der Waals surface area contributed by atoms with E-state index in [2.05, 4.69) is 15.2 Å². The number of aliphatic hydroxyl groups excluding tert-OH is 1. The Morgan fingerprint density at radius 1 is 1.31 bits per heavy atom. The maximum atomic E-state index is 12.7. The van der Waals surface area contributed by atoms with Crippen LogP contribution in [0.1, 0.15) is 35.4 Å². The van der Waals surface area contributed by atoms with Crippen molar-refractivity contribution in [2.24, 2.45) is 0 Å². The summed E-state index contributed by atoms with van der Waals surface area (Å²) in [5, 5.41) is 13.8. The van der Waals surface area contributed by atoms with E-state index in [0.717, 1.165) is 43.7 Å². The maximum absolute atomic E-state index is 12.7. The Hall–Kier alpha value is -1.96. The molecule has 1 aliphatic heterocycles. The number of nitrogens with zero attached hydrogens (tertiary/aromatic N) is 3. The van der Waals surface area contributed by atoms with Crippen LogP contribution >= 0.6 is 0 Å². The fraction of sp³-hybridized carbons (Fsp3) is 0.579. The van der Waals surface area contributed by atoms with Gasteiger partial charge in [0.05, 0.1) is 25.4 Å². The summed E-state index contributed by atoms with van der Waals surface area (Å²) >= 11 is 0. The Kier molecular flexibility index (Phi) is 4.93. The first-order chi connectivity index (χ1) is 12.6. The smallest absolute Gasteiger partial charge is 0.271 e. The fourth-order valence-corrected chi connectivity index (χ4v) is 4.12. The Balaban J connectivity index is 1.46. The lowest BCUT2D eigenvalue weighted by Crippen LogP contribution is -2.58. The van der Waals surface area contributed by atoms with Crippen LogP contribution in [0.15, 0.2) is 24.4 Å². The second-order valence-corrected chi connectivity index (χ2v) is 7.24. The van der Waals surface area contributed by atoms with E-state index in [4.69, 9.17) is 4.74 Å². The SMILES string of the molecule is Cc1cccc2nc(C(=O)N[C@@H]3CCC[C@@H](N4CCOCC4)[C@@H]3O)cn12. The van der Waals surface area contributed by atoms with Crippen molar-refractivity contribution in [2.75, 3.05) is 26.3 Å². The molecule has 1 aliphatic carbocycles. The number of aliphatic hydroxyl groups is 1. The summed E-state index contributed by atoms with van der Waals surface area (Å²) in [5.74, 6) is -0.222. The lowest BCUT2D eigenvalue weighted by Gasteiger charge is -2.42. The van der Waals surface area contributed by atoms with Crippen LogP contribution in [0.3, 0.4) is 0 Å². The number of nitrogens with one attached hydrogen (secondary N) is 1. The highest BCUT2D eigenvalue weighted by molar-refractivity contribution is 5.93. The van der Waals surface area contributed by atoms with Gasteiger partial charge in [-0.1, -0.05) is 6.07 Å². The normalized spacial score (nSPS) is 27.5. The molecule has 1 amide bonds. The molecule has 7 nitrogen and oxygen atoms in total. The second kappa shape index (κ2) is 7.34. The molecular weight excluding hydrogens is 332 g/mol. The highest BCUT2D eigenvalue weighted by atomic mass is 16.5. The zero-order valence-electron chi connectivity index (χ0n) is 15.1. The maximum Gasteiger partial charge on any atom is 0.271 e. The first-order valence-corrected chi connectivity index (χ1v) is 9.39. The zero-order valence-corrected chi connectivity index (χ0v) is 15.1. The topological polar surface area (TPSA) is 79.1 Å². The van der Waals surface area contributed by atoms with Gasteiger partial charge in [0.2, 0.25) is 0 Å². The van der Waals surface area contributed by atoms with Gasteiger partial charge in [-0.15, -0.1) is 0 Å². The Morgan fingerprint density at radius 2 is 2.12 bits per heavy atom. The zero-order chi connectivity index (χ0) is 18.1. The van der Waals surface area contributed by atoms with E-state index in [9.17, 15) is 9.90 Å². The minimum absolute atomic E-state index is 0.0845. The van der Waals surface area contributed by atoms with Gasteiger partial charge in [0.15, 0.2) is 0 Å². The highest BCUT2D eigenvalue weighted by Gasteiger charge is 2.37. The second-order valence-electron chi connectivity index (χ2n) is 7.24. The molecule has 0 unspecified atom stereocenters. The molecule has 0 aromatic carbocycles. The molecule has 2 fully saturated rings. The van der Waals surface area contributed by atoms with Gasteiger partial charge < -0.3 is 19.6 Å². The predicted octanol–water partition coefficient (Wildman–Crippen LogP) is 0.987. The van der Waals surface area contributed by atoms with Crippen LogP contribution in [0.4, 0.5) is 0 Å². The van der Waals surface area contributed by atoms with Gasteiger partial charge in [0.25, 0.3) is 5.91 Å². The number of imidazole rings is 1. The third kappa shape index (κ3) is 3.34. The van der Waals surface area contributed by atoms with Crippen LogP contribution in [0.2, 0.25) is 0 Å². The number of ether oxygens (including phenoxy) is 1. The lowest BCUT2D eigenvalue weighted by molar-refractivity contribution is -0.0459. The molecule has 3 heterocycles. The van der Waals surface area contributed by atoms with Gasteiger partial charge in [0, 0.05) is 31.0 Å². The van der Waals surface area contributed by atoms with Gasteiger partial charge in [-0.3, -0.25) is 9.69 Å². The largest absolute Gasteiger partial charge is 0.389 e. The first-order valence-electron chi connectivity index (χ1n) is 9.39. The summed E-state index contributed by atoms with van der Waals surface area (Å²) in [5.41, 5.74) is 2.17. The summed E-state index contributed by atoms with van der Waals surface area (Å²) in [6.07, 6.45) is 3.94. The monoisotopic (exact) mass is 358 g/mol. The standard InChI is InChI=1S/C19H26N4O3/c1-13-4-2-7-17-20-15(12-23(13)17)19(25)21-14-5-3-6-16(18(14)24)22-8-10-26-11-9-22/h2,4,7,12,14,16,18,24H,3,5-6,8-11H2,1H3,(H,21,25)/t14-,16-,18-/m1/s1. The van der Waals surface area contributed by atoms with Gasteiger partial charge in [0.1, 0.15) is 11.3 Å². The molecule has 2 aliphatic rings. The van der Waals surface area contributed by atoms with E-state index in [0.29, 0.717) is 18.9 Å². The Morgan fingerprint density at radius 3 is 2.88 bits per heavy atom. The van der Waals surface area contributed by atoms with Crippen molar-refractivity contribution in [2.45, 2.75) is 44.4 Å². The molecule has 1 saturated heterocycles. The van der Waals surface area contributed by atoms with Crippen molar-refractivity contribution in [1.29, 1.82) is 0 Å². The molecule has 3 atom stereocenters. The van der Waals surface area contributed by atoms with Crippen LogP contribution in [-0.2, 0) is 4.74 Å². The first kappa shape index (κ1) is 17.5. The van der Waals surface area contributed by atoms with Crippen molar-refractivity contribution < 1.29 is 14.6 Å². The van der Waals surface area contributed by atoms with Crippen LogP contribution in [-0.4, -0.2) is 69.8 Å². The molecule has 140 valence electrons. The molecule has 1 saturated carbocycles. The minimum atomic E-state index is -0.565. The number of hydrogen-bond acceptors (Lipinski definition) is 5. The summed E-state index contributed by atoms with van der Waals surface area (Å²) < 4.78 is 7.32. The molecule has 4 rings (SSSR count). The number of fused-ring (bicyclic) bond motifs is 1. The van der Waals surface area contributed by atoms with Crippen LogP contribution < -0.4 is 5.32 Å². The average molecular weight is 358 g/mol. The average Bonchev–Trinajstić information content (AvgIpc) is 3.10. The molecule has 2 aromatic heterocycles. The van der Waals surface area contributed by atoms with E-state index < -0.39 is 6.10 Å². The number of amides is 1. The number of hydrogen-bond donors (Lipinski definition) is 2. The quantitative estimate of drug-likeness (QED) is 0.855. The van der Waals surface area contributed by atoms with E-state index in [-0.39, 0.29) is 18.0 Å². The Labute approximate surface area is 153 Å². The Bertz CT molecular complexity index is 784. The number of carbonyl (C=O) groups is 1. The predicted molar refractivity (Wildman–Crippen MR) is 97.2 cm³/mol. The van der Waals surface area contributed by atoms with Gasteiger partial charge in [-0.2, -0.15) is 0 Å². The van der Waals surface area contributed by atoms with Crippen molar-refractivity contribution in [3.8, 4) is 0 Å². The van der Waals surface area contributed by atoms with E-state index in [1.165, 1.54) is 0 Å². The molecule has 2 N–H and O–H groups in total. The van der Waals surface area contributed by atoms with E-state index >= 15 is 0 Å². The van der Waals surface area contributed by atoms with Crippen molar-refractivity contribution in [3.63, 3.8) is 0 Å². The fourth-order valence-electron chi connectivity index (χ4n) is 4.12. The third-order valence-electron chi connectivity index (χ3n) is 5.58. The number of carbonyl (C=O) groups excluding carboxylic acids is 1. The summed E-state index contributed by atoms with van der Waals surface area (Å²) in [7, 11) is 0. The summed E-state index contributed by atoms with van der Waals surface area (Å²) in [6, 6.07) is 5.63. The van der Waals surface area contributed by atoms with Crippen molar-refractivity contribution in [1.82, 2.24) is 19.6 Å². The van der Waals surface area contributed by atoms with Gasteiger partial charge in [-0.05, 0) is 38.3 Å². The number of aromatic nitrogens is 2. The number of morpholine rings is 1. The number of aryl methyl sites for hydroxylation is 1. The van der Waals surface area contributed by atoms with Crippen molar-refractivity contribution >= 4 is 11.6 Å². The van der Waals surface area contributed by atoms with Crippen molar-refractivity contribution in [3.05, 3.63) is 35.8 Å². The number of pyridine rings is 1. The molecule has 2 aromatic rings. The third-order valence-corrected chi connectivity index (χ3v) is 5.58. The molecule has 0 spiro atoms. The summed E-state index contributed by atoms with van der Waals surface area (Å²) in [6.45, 7) is 5.08. The van der Waals surface area contributed by atoms with E-state index in [1.807, 2.05) is 29.5 Å². The van der Waals surface area contributed by atoms with E-state index in [1.54, 1.807) is 6.20 Å². The molecule has 0 radical (unpaired) electrons. The molecular formula is C19H26N4O3. The minimum Gasteiger partial charge on any atom is -0.389 e. The highest BCUT2D eigenvalue weighted by Crippen LogP contribution is 2.25. The van der Waals surface area contributed by atoms with Crippen LogP contribution in [0.5, 0.6) is 0 Å². The molecule has 7 heteroatoms. The summed E-state index contributed by atoms with van der Waals surface area (Å²) in [4.78, 5) is 19.4. The van der Waals surface area contributed by atoms with Gasteiger partial charge in [-0.25, -0.2) is 4.98 Å².